The van der Waals surface area contributed by atoms with Crippen LogP contribution in [0.5, 0.6) is 0 Å². The first kappa shape index (κ1) is 15.9. The van der Waals surface area contributed by atoms with Gasteiger partial charge in [0, 0.05) is 11.3 Å². The molecule has 1 aliphatic heterocycles. The smallest absolute Gasteiger partial charge is 0.273 e. The molecule has 120 valence electrons. The van der Waals surface area contributed by atoms with Crippen molar-refractivity contribution in [2.24, 2.45) is 0 Å². The SMILES string of the molecule is Cc1ccc(C(=O)Nc2cccc(C=C3NC(=S)NC3=O)c2)cc1. The Morgan fingerprint density at radius 3 is 2.54 bits per heavy atom. The van der Waals surface area contributed by atoms with Gasteiger partial charge in [-0.3, -0.25) is 14.9 Å². The van der Waals surface area contributed by atoms with E-state index >= 15 is 0 Å². The Hall–Kier alpha value is -2.99. The molecule has 0 radical (unpaired) electrons. The second-order valence-electron chi connectivity index (χ2n) is 5.41. The minimum absolute atomic E-state index is 0.183. The van der Waals surface area contributed by atoms with Crippen LogP contribution in [0.4, 0.5) is 5.69 Å². The van der Waals surface area contributed by atoms with Crippen LogP contribution in [-0.4, -0.2) is 16.9 Å². The highest BCUT2D eigenvalue weighted by Crippen LogP contribution is 2.15. The van der Waals surface area contributed by atoms with E-state index in [0.717, 1.165) is 11.1 Å². The van der Waals surface area contributed by atoms with E-state index < -0.39 is 0 Å². The summed E-state index contributed by atoms with van der Waals surface area (Å²) in [6, 6.07) is 14.6. The van der Waals surface area contributed by atoms with E-state index in [1.165, 1.54) is 0 Å². The second kappa shape index (κ2) is 6.64. The van der Waals surface area contributed by atoms with Crippen LogP contribution in [0.15, 0.2) is 54.2 Å². The molecular formula is C18H15N3O2S. The average molecular weight is 337 g/mol. The normalized spacial score (nSPS) is 15.1. The summed E-state index contributed by atoms with van der Waals surface area (Å²) in [5.41, 5.74) is 3.49. The van der Waals surface area contributed by atoms with Crippen LogP contribution >= 0.6 is 12.2 Å². The summed E-state index contributed by atoms with van der Waals surface area (Å²) in [5, 5.41) is 8.43. The van der Waals surface area contributed by atoms with Crippen molar-refractivity contribution in [2.45, 2.75) is 6.92 Å². The van der Waals surface area contributed by atoms with Gasteiger partial charge in [-0.05, 0) is 55.0 Å². The summed E-state index contributed by atoms with van der Waals surface area (Å²) in [5.74, 6) is -0.452. The Kier molecular flexibility index (Phi) is 4.39. The fourth-order valence-corrected chi connectivity index (χ4v) is 2.47. The lowest BCUT2D eigenvalue weighted by atomic mass is 10.1. The number of rotatable bonds is 3. The van der Waals surface area contributed by atoms with Crippen molar-refractivity contribution in [3.8, 4) is 0 Å². The molecule has 0 unspecified atom stereocenters. The molecular weight excluding hydrogens is 322 g/mol. The molecule has 2 aromatic carbocycles. The standard InChI is InChI=1S/C18H15N3O2S/c1-11-5-7-13(8-6-11)16(22)19-14-4-2-3-12(9-14)10-15-17(23)21-18(24)20-15/h2-10H,1H3,(H,19,22)(H2,20,21,23,24). The molecule has 0 spiro atoms. The summed E-state index contributed by atoms with van der Waals surface area (Å²) < 4.78 is 0. The molecule has 6 heteroatoms. The van der Waals surface area contributed by atoms with Gasteiger partial charge in [0.15, 0.2) is 5.11 Å². The van der Waals surface area contributed by atoms with Gasteiger partial charge in [0.05, 0.1) is 0 Å². The predicted molar refractivity (Wildman–Crippen MR) is 97.4 cm³/mol. The molecule has 0 aliphatic carbocycles. The van der Waals surface area contributed by atoms with Crippen LogP contribution in [0.2, 0.25) is 0 Å². The van der Waals surface area contributed by atoms with Crippen molar-refractivity contribution in [3.05, 3.63) is 70.9 Å². The fourth-order valence-electron chi connectivity index (χ4n) is 2.26. The van der Waals surface area contributed by atoms with Gasteiger partial charge in [-0.2, -0.15) is 0 Å². The molecule has 1 saturated heterocycles. The average Bonchev–Trinajstić information content (AvgIpc) is 2.86. The zero-order valence-electron chi connectivity index (χ0n) is 12.9. The monoisotopic (exact) mass is 337 g/mol. The van der Waals surface area contributed by atoms with Gasteiger partial charge in [-0.15, -0.1) is 0 Å². The number of benzene rings is 2. The van der Waals surface area contributed by atoms with Crippen molar-refractivity contribution in [3.63, 3.8) is 0 Å². The molecule has 3 rings (SSSR count). The number of amides is 2. The summed E-state index contributed by atoms with van der Waals surface area (Å²) in [4.78, 5) is 23.9. The highest BCUT2D eigenvalue weighted by atomic mass is 32.1. The lowest BCUT2D eigenvalue weighted by molar-refractivity contribution is -0.115. The molecule has 1 heterocycles. The number of nitrogens with one attached hydrogen (secondary N) is 3. The largest absolute Gasteiger partial charge is 0.328 e. The molecule has 0 bridgehead atoms. The van der Waals surface area contributed by atoms with Gasteiger partial charge in [0.2, 0.25) is 0 Å². The molecule has 2 aromatic rings. The quantitative estimate of drug-likeness (QED) is 0.595. The van der Waals surface area contributed by atoms with Gasteiger partial charge < -0.3 is 10.6 Å². The molecule has 24 heavy (non-hydrogen) atoms. The Bertz CT molecular complexity index is 857. The van der Waals surface area contributed by atoms with E-state index in [4.69, 9.17) is 12.2 Å². The molecule has 0 saturated carbocycles. The molecule has 5 nitrogen and oxygen atoms in total. The molecule has 3 N–H and O–H groups in total. The molecule has 1 aliphatic rings. The zero-order valence-corrected chi connectivity index (χ0v) is 13.7. The number of thiocarbonyl (C=S) groups is 1. The maximum Gasteiger partial charge on any atom is 0.273 e. The van der Waals surface area contributed by atoms with Gasteiger partial charge in [0.25, 0.3) is 11.8 Å². The van der Waals surface area contributed by atoms with Gasteiger partial charge in [-0.25, -0.2) is 0 Å². The Labute approximate surface area is 144 Å². The number of hydrogen-bond donors (Lipinski definition) is 3. The third-order valence-corrected chi connectivity index (χ3v) is 3.69. The Morgan fingerprint density at radius 1 is 1.12 bits per heavy atom. The van der Waals surface area contributed by atoms with Crippen molar-refractivity contribution < 1.29 is 9.59 Å². The predicted octanol–water partition coefficient (Wildman–Crippen LogP) is 2.59. The van der Waals surface area contributed by atoms with Crippen molar-refractivity contribution in [2.75, 3.05) is 5.32 Å². The number of anilines is 1. The van der Waals surface area contributed by atoms with E-state index in [1.54, 1.807) is 30.3 Å². The molecule has 0 atom stereocenters. The van der Waals surface area contributed by atoms with Crippen LogP contribution in [0, 0.1) is 6.92 Å². The van der Waals surface area contributed by atoms with Crippen molar-refractivity contribution in [1.29, 1.82) is 0 Å². The maximum absolute atomic E-state index is 12.3. The number of hydrogen-bond acceptors (Lipinski definition) is 3. The van der Waals surface area contributed by atoms with Crippen molar-refractivity contribution in [1.82, 2.24) is 10.6 Å². The van der Waals surface area contributed by atoms with Crippen LogP contribution in [-0.2, 0) is 4.79 Å². The minimum Gasteiger partial charge on any atom is -0.328 e. The first-order chi connectivity index (χ1) is 11.5. The number of aryl methyl sites for hydroxylation is 1. The van der Waals surface area contributed by atoms with Crippen LogP contribution < -0.4 is 16.0 Å². The maximum atomic E-state index is 12.3. The zero-order chi connectivity index (χ0) is 17.1. The van der Waals surface area contributed by atoms with E-state index in [-0.39, 0.29) is 16.9 Å². The fraction of sp³-hybridized carbons (Fsp3) is 0.0556. The van der Waals surface area contributed by atoms with Crippen LogP contribution in [0.25, 0.3) is 6.08 Å². The lowest BCUT2D eigenvalue weighted by Gasteiger charge is -2.07. The highest BCUT2D eigenvalue weighted by Gasteiger charge is 2.19. The first-order valence-electron chi connectivity index (χ1n) is 7.33. The lowest BCUT2D eigenvalue weighted by Crippen LogP contribution is -2.21. The molecule has 0 aromatic heterocycles. The topological polar surface area (TPSA) is 70.2 Å². The van der Waals surface area contributed by atoms with E-state index in [0.29, 0.717) is 16.9 Å². The summed E-state index contributed by atoms with van der Waals surface area (Å²) in [6.07, 6.45) is 1.68. The van der Waals surface area contributed by atoms with Crippen LogP contribution in [0.3, 0.4) is 0 Å². The summed E-state index contributed by atoms with van der Waals surface area (Å²) in [7, 11) is 0. The summed E-state index contributed by atoms with van der Waals surface area (Å²) >= 11 is 4.89. The van der Waals surface area contributed by atoms with E-state index in [1.807, 2.05) is 31.2 Å². The Balaban J connectivity index is 1.77. The highest BCUT2D eigenvalue weighted by molar-refractivity contribution is 7.80. The Morgan fingerprint density at radius 2 is 1.88 bits per heavy atom. The summed E-state index contributed by atoms with van der Waals surface area (Å²) in [6.45, 7) is 1.97. The number of carbonyl (C=O) groups excluding carboxylic acids is 2. The van der Waals surface area contributed by atoms with Gasteiger partial charge in [-0.1, -0.05) is 29.8 Å². The first-order valence-corrected chi connectivity index (χ1v) is 7.74. The third kappa shape index (κ3) is 3.67. The number of carbonyl (C=O) groups is 2. The second-order valence-corrected chi connectivity index (χ2v) is 5.82. The van der Waals surface area contributed by atoms with Crippen LogP contribution in [0.1, 0.15) is 21.5 Å². The molecule has 1 fully saturated rings. The van der Waals surface area contributed by atoms with Gasteiger partial charge in [0.1, 0.15) is 5.70 Å². The van der Waals surface area contributed by atoms with Crippen molar-refractivity contribution >= 4 is 40.9 Å². The van der Waals surface area contributed by atoms with Gasteiger partial charge >= 0.3 is 0 Å². The van der Waals surface area contributed by atoms with E-state index in [9.17, 15) is 9.59 Å². The minimum atomic E-state index is -0.269. The third-order valence-electron chi connectivity index (χ3n) is 3.49. The molecule has 2 amide bonds. The van der Waals surface area contributed by atoms with E-state index in [2.05, 4.69) is 16.0 Å².